The molecule has 0 radical (unpaired) electrons. The van der Waals surface area contributed by atoms with Crippen LogP contribution in [-0.2, 0) is 6.18 Å². The summed E-state index contributed by atoms with van der Waals surface area (Å²) in [6.45, 7) is 2.09. The van der Waals surface area contributed by atoms with Gasteiger partial charge in [-0.25, -0.2) is 0 Å². The van der Waals surface area contributed by atoms with Gasteiger partial charge in [0.05, 0.1) is 5.56 Å². The molecule has 0 spiro atoms. The van der Waals surface area contributed by atoms with E-state index in [9.17, 15) is 18.0 Å². The molecule has 20 heavy (non-hydrogen) atoms. The molecule has 1 fully saturated rings. The largest absolute Gasteiger partial charge is 0.417 e. The summed E-state index contributed by atoms with van der Waals surface area (Å²) in [5.41, 5.74) is -0.619. The van der Waals surface area contributed by atoms with Crippen LogP contribution in [0.15, 0.2) is 22.7 Å². The Bertz CT molecular complexity index is 510. The first-order chi connectivity index (χ1) is 9.29. The first-order valence-electron chi connectivity index (χ1n) is 6.70. The fourth-order valence-electron chi connectivity index (χ4n) is 2.80. The lowest BCUT2D eigenvalue weighted by Gasteiger charge is -2.25. The standard InChI is InChI=1S/C15H16BrF3O/c1-9-3-2-4-10(7-9)14(20)11-5-6-13(16)12(8-11)15(17,18)19/h5-6,8-10H,2-4,7H2,1H3. The molecule has 5 heteroatoms. The van der Waals surface area contributed by atoms with Gasteiger partial charge in [0.15, 0.2) is 5.78 Å². The summed E-state index contributed by atoms with van der Waals surface area (Å²) in [6, 6.07) is 3.74. The molecule has 1 saturated carbocycles. The maximum Gasteiger partial charge on any atom is 0.417 e. The number of hydrogen-bond acceptors (Lipinski definition) is 1. The molecule has 1 aliphatic carbocycles. The van der Waals surface area contributed by atoms with Crippen molar-refractivity contribution in [2.24, 2.45) is 11.8 Å². The molecule has 1 aromatic rings. The Hall–Kier alpha value is -0.840. The predicted octanol–water partition coefficient (Wildman–Crippen LogP) is 5.48. The number of ketones is 1. The maximum absolute atomic E-state index is 12.9. The van der Waals surface area contributed by atoms with Crippen LogP contribution >= 0.6 is 15.9 Å². The third-order valence-corrected chi connectivity index (χ3v) is 4.55. The van der Waals surface area contributed by atoms with E-state index >= 15 is 0 Å². The van der Waals surface area contributed by atoms with Gasteiger partial charge in [-0.1, -0.05) is 41.8 Å². The van der Waals surface area contributed by atoms with E-state index in [1.54, 1.807) is 0 Å². The van der Waals surface area contributed by atoms with Crippen molar-refractivity contribution in [1.29, 1.82) is 0 Å². The third kappa shape index (κ3) is 3.43. The van der Waals surface area contributed by atoms with E-state index in [1.807, 2.05) is 0 Å². The number of halogens is 4. The minimum Gasteiger partial charge on any atom is -0.294 e. The SMILES string of the molecule is CC1CCCC(C(=O)c2ccc(Br)c(C(F)(F)F)c2)C1. The molecule has 0 aliphatic heterocycles. The minimum absolute atomic E-state index is 0.0291. The van der Waals surface area contributed by atoms with Gasteiger partial charge in [-0.2, -0.15) is 13.2 Å². The van der Waals surface area contributed by atoms with Crippen LogP contribution in [0.2, 0.25) is 0 Å². The van der Waals surface area contributed by atoms with E-state index < -0.39 is 11.7 Å². The Morgan fingerprint density at radius 2 is 2.00 bits per heavy atom. The number of Topliss-reactive ketones (excluding diaryl/α,β-unsaturated/α-hetero) is 1. The molecule has 2 atom stereocenters. The van der Waals surface area contributed by atoms with Crippen LogP contribution in [-0.4, -0.2) is 5.78 Å². The van der Waals surface area contributed by atoms with Crippen LogP contribution in [0.3, 0.4) is 0 Å². The van der Waals surface area contributed by atoms with Crippen LogP contribution in [0.25, 0.3) is 0 Å². The van der Waals surface area contributed by atoms with Crippen LogP contribution in [0.5, 0.6) is 0 Å². The summed E-state index contributed by atoms with van der Waals surface area (Å²) in [4.78, 5) is 12.4. The lowest BCUT2D eigenvalue weighted by molar-refractivity contribution is -0.138. The number of hydrogen-bond donors (Lipinski definition) is 0. The zero-order valence-corrected chi connectivity index (χ0v) is 12.7. The van der Waals surface area contributed by atoms with Gasteiger partial charge in [0.25, 0.3) is 0 Å². The van der Waals surface area contributed by atoms with Crippen LogP contribution in [0.4, 0.5) is 13.2 Å². The molecule has 1 nitrogen and oxygen atoms in total. The van der Waals surface area contributed by atoms with Gasteiger partial charge in [0, 0.05) is 16.0 Å². The highest BCUT2D eigenvalue weighted by molar-refractivity contribution is 9.10. The minimum atomic E-state index is -4.45. The van der Waals surface area contributed by atoms with E-state index in [-0.39, 0.29) is 21.7 Å². The fourth-order valence-corrected chi connectivity index (χ4v) is 3.28. The molecule has 0 heterocycles. The molecule has 110 valence electrons. The highest BCUT2D eigenvalue weighted by atomic mass is 79.9. The highest BCUT2D eigenvalue weighted by Crippen LogP contribution is 2.37. The van der Waals surface area contributed by atoms with Crippen molar-refractivity contribution in [2.75, 3.05) is 0 Å². The van der Waals surface area contributed by atoms with Crippen molar-refractivity contribution in [1.82, 2.24) is 0 Å². The maximum atomic E-state index is 12.9. The lowest BCUT2D eigenvalue weighted by Crippen LogP contribution is -2.22. The zero-order chi connectivity index (χ0) is 14.9. The van der Waals surface area contributed by atoms with E-state index in [0.717, 1.165) is 31.7 Å². The van der Waals surface area contributed by atoms with Crippen molar-refractivity contribution in [3.8, 4) is 0 Å². The molecular formula is C15H16BrF3O. The van der Waals surface area contributed by atoms with Gasteiger partial charge in [-0.3, -0.25) is 4.79 Å². The smallest absolute Gasteiger partial charge is 0.294 e. The number of alkyl halides is 3. The average Bonchev–Trinajstić information content (AvgIpc) is 2.37. The molecule has 0 amide bonds. The van der Waals surface area contributed by atoms with Crippen LogP contribution < -0.4 is 0 Å². The Labute approximate surface area is 124 Å². The Kier molecular flexibility index (Phi) is 4.57. The summed E-state index contributed by atoms with van der Waals surface area (Å²) in [5.74, 6) is 0.172. The summed E-state index contributed by atoms with van der Waals surface area (Å²) < 4.78 is 38.5. The molecule has 0 N–H and O–H groups in total. The Balaban J connectivity index is 2.26. The normalized spacial score (nSPS) is 23.6. The fraction of sp³-hybridized carbons (Fsp3) is 0.533. The van der Waals surface area contributed by atoms with Gasteiger partial charge in [0.1, 0.15) is 0 Å². The number of rotatable bonds is 2. The van der Waals surface area contributed by atoms with E-state index in [0.29, 0.717) is 5.92 Å². The Morgan fingerprint density at radius 1 is 1.30 bits per heavy atom. The van der Waals surface area contributed by atoms with Gasteiger partial charge < -0.3 is 0 Å². The summed E-state index contributed by atoms with van der Waals surface area (Å²) in [6.07, 6.45) is -0.829. The molecular weight excluding hydrogens is 333 g/mol. The molecule has 0 aromatic heterocycles. The van der Waals surface area contributed by atoms with Gasteiger partial charge in [-0.15, -0.1) is 0 Å². The summed E-state index contributed by atoms with van der Waals surface area (Å²) in [7, 11) is 0. The number of carbonyl (C=O) groups excluding carboxylic acids is 1. The number of benzene rings is 1. The predicted molar refractivity (Wildman–Crippen MR) is 74.6 cm³/mol. The second-order valence-electron chi connectivity index (χ2n) is 5.53. The first-order valence-corrected chi connectivity index (χ1v) is 7.49. The van der Waals surface area contributed by atoms with Crippen molar-refractivity contribution >= 4 is 21.7 Å². The van der Waals surface area contributed by atoms with Gasteiger partial charge in [-0.05, 0) is 30.9 Å². The van der Waals surface area contributed by atoms with Crippen molar-refractivity contribution in [3.63, 3.8) is 0 Å². The van der Waals surface area contributed by atoms with E-state index in [2.05, 4.69) is 22.9 Å². The van der Waals surface area contributed by atoms with Crippen LogP contribution in [0, 0.1) is 11.8 Å². The first kappa shape index (κ1) is 15.5. The van der Waals surface area contributed by atoms with Crippen LogP contribution in [0.1, 0.15) is 48.5 Å². The monoisotopic (exact) mass is 348 g/mol. The Morgan fingerprint density at radius 3 is 2.60 bits per heavy atom. The van der Waals surface area contributed by atoms with Crippen molar-refractivity contribution in [2.45, 2.75) is 38.8 Å². The molecule has 2 unspecified atom stereocenters. The van der Waals surface area contributed by atoms with Gasteiger partial charge in [0.2, 0.25) is 0 Å². The summed E-state index contributed by atoms with van der Waals surface area (Å²) in [5, 5.41) is 0. The molecule has 0 saturated heterocycles. The van der Waals surface area contributed by atoms with E-state index in [1.165, 1.54) is 12.1 Å². The van der Waals surface area contributed by atoms with Gasteiger partial charge >= 0.3 is 6.18 Å². The number of carbonyl (C=O) groups is 1. The molecule has 0 bridgehead atoms. The van der Waals surface area contributed by atoms with E-state index in [4.69, 9.17) is 0 Å². The topological polar surface area (TPSA) is 17.1 Å². The molecule has 2 rings (SSSR count). The second kappa shape index (κ2) is 5.88. The van der Waals surface area contributed by atoms with Crippen molar-refractivity contribution in [3.05, 3.63) is 33.8 Å². The average molecular weight is 349 g/mol. The zero-order valence-electron chi connectivity index (χ0n) is 11.1. The second-order valence-corrected chi connectivity index (χ2v) is 6.38. The quantitative estimate of drug-likeness (QED) is 0.647. The third-order valence-electron chi connectivity index (χ3n) is 3.86. The van der Waals surface area contributed by atoms with Crippen molar-refractivity contribution < 1.29 is 18.0 Å². The highest BCUT2D eigenvalue weighted by Gasteiger charge is 2.34. The molecule has 1 aromatic carbocycles. The summed E-state index contributed by atoms with van der Waals surface area (Å²) >= 11 is 2.89. The molecule has 1 aliphatic rings. The lowest BCUT2D eigenvalue weighted by atomic mass is 9.78.